The summed E-state index contributed by atoms with van der Waals surface area (Å²) in [6, 6.07) is 39.2. The number of likely N-dealkylation sites (tertiary alicyclic amines) is 1. The zero-order chi connectivity index (χ0) is 33.5. The molecule has 1 atom stereocenters. The zero-order valence-electron chi connectivity index (χ0n) is 28.4. The van der Waals surface area contributed by atoms with E-state index in [9.17, 15) is 9.59 Å². The van der Waals surface area contributed by atoms with E-state index in [1.807, 2.05) is 41.4 Å². The number of aromatic nitrogens is 1. The van der Waals surface area contributed by atoms with Crippen LogP contribution in [0.5, 0.6) is 0 Å². The highest BCUT2D eigenvalue weighted by molar-refractivity contribution is 6.00. The highest BCUT2D eigenvalue weighted by Crippen LogP contribution is 2.37. The number of unbranched alkanes of at least 4 members (excludes halogenated alkanes) is 3. The van der Waals surface area contributed by atoms with Crippen molar-refractivity contribution in [1.29, 1.82) is 0 Å². The summed E-state index contributed by atoms with van der Waals surface area (Å²) in [5, 5.41) is 4.34. The Kier molecular flexibility index (Phi) is 10.2. The van der Waals surface area contributed by atoms with Crippen molar-refractivity contribution in [2.45, 2.75) is 68.9 Å². The van der Waals surface area contributed by atoms with Gasteiger partial charge in [0, 0.05) is 49.1 Å². The maximum absolute atomic E-state index is 14.7. The van der Waals surface area contributed by atoms with Crippen LogP contribution in [0, 0.1) is 0 Å². The molecule has 6 nitrogen and oxygen atoms in total. The average Bonchev–Trinajstić information content (AvgIpc) is 3.56. The Morgan fingerprint density at radius 2 is 1.33 bits per heavy atom. The molecule has 0 radical (unpaired) electrons. The van der Waals surface area contributed by atoms with Gasteiger partial charge in [0.1, 0.15) is 11.6 Å². The highest BCUT2D eigenvalue weighted by atomic mass is 16.2. The van der Waals surface area contributed by atoms with Crippen LogP contribution in [-0.2, 0) is 22.4 Å². The lowest BCUT2D eigenvalue weighted by Gasteiger charge is -2.52. The Labute approximate surface area is 290 Å². The molecule has 2 saturated heterocycles. The molecule has 2 N–H and O–H groups in total. The molecule has 0 bridgehead atoms. The fourth-order valence-electron chi connectivity index (χ4n) is 8.06. The van der Waals surface area contributed by atoms with E-state index in [1.165, 1.54) is 24.8 Å². The van der Waals surface area contributed by atoms with Crippen LogP contribution in [0.15, 0.2) is 121 Å². The molecule has 2 fully saturated rings. The van der Waals surface area contributed by atoms with Gasteiger partial charge in [0.15, 0.2) is 0 Å². The summed E-state index contributed by atoms with van der Waals surface area (Å²) in [5.74, 6) is -0.0252. The molecule has 5 aromatic rings. The van der Waals surface area contributed by atoms with Crippen molar-refractivity contribution in [1.82, 2.24) is 20.1 Å². The summed E-state index contributed by atoms with van der Waals surface area (Å²) >= 11 is 0. The second-order valence-electron chi connectivity index (χ2n) is 13.9. The monoisotopic (exact) mass is 652 g/mol. The maximum Gasteiger partial charge on any atom is 0.246 e. The molecule has 1 spiro atoms. The van der Waals surface area contributed by atoms with Crippen LogP contribution in [0.25, 0.3) is 10.9 Å². The van der Waals surface area contributed by atoms with Crippen molar-refractivity contribution >= 4 is 22.7 Å². The minimum absolute atomic E-state index is 0.00243. The molecule has 2 aliphatic heterocycles. The van der Waals surface area contributed by atoms with Crippen LogP contribution in [0.2, 0.25) is 0 Å². The number of para-hydroxylation sites is 1. The predicted molar refractivity (Wildman–Crippen MR) is 197 cm³/mol. The van der Waals surface area contributed by atoms with Gasteiger partial charge in [-0.1, -0.05) is 122 Å². The van der Waals surface area contributed by atoms with E-state index in [2.05, 4.69) is 100 Å². The number of carbonyl (C=O) groups is 2. The minimum Gasteiger partial charge on any atom is -0.361 e. The first-order valence-corrected chi connectivity index (χ1v) is 18.1. The van der Waals surface area contributed by atoms with Crippen molar-refractivity contribution < 1.29 is 9.59 Å². The molecule has 2 aliphatic rings. The van der Waals surface area contributed by atoms with Gasteiger partial charge in [-0.05, 0) is 67.0 Å². The van der Waals surface area contributed by atoms with E-state index in [0.717, 1.165) is 60.1 Å². The molecule has 0 saturated carbocycles. The van der Waals surface area contributed by atoms with Crippen LogP contribution < -0.4 is 5.32 Å². The second-order valence-corrected chi connectivity index (χ2v) is 13.9. The number of hydrogen-bond acceptors (Lipinski definition) is 3. The van der Waals surface area contributed by atoms with Crippen LogP contribution in [0.4, 0.5) is 0 Å². The van der Waals surface area contributed by atoms with Crippen molar-refractivity contribution in [2.24, 2.45) is 0 Å². The molecule has 7 rings (SSSR count). The van der Waals surface area contributed by atoms with Crippen LogP contribution in [-0.4, -0.2) is 64.4 Å². The topological polar surface area (TPSA) is 68.4 Å². The number of nitrogens with zero attached hydrogens (tertiary/aromatic N) is 2. The molecule has 6 heteroatoms. The largest absolute Gasteiger partial charge is 0.361 e. The maximum atomic E-state index is 14.7. The molecule has 2 amide bonds. The highest BCUT2D eigenvalue weighted by Gasteiger charge is 2.54. The Morgan fingerprint density at radius 1 is 0.714 bits per heavy atom. The summed E-state index contributed by atoms with van der Waals surface area (Å²) in [6.45, 7) is 3.13. The summed E-state index contributed by atoms with van der Waals surface area (Å²) < 4.78 is 0. The lowest BCUT2D eigenvalue weighted by molar-refractivity contribution is -0.161. The number of H-pyrrole nitrogens is 1. The van der Waals surface area contributed by atoms with Gasteiger partial charge in [-0.15, -0.1) is 0 Å². The van der Waals surface area contributed by atoms with Gasteiger partial charge in [0.2, 0.25) is 11.8 Å². The molecule has 4 aromatic carbocycles. The third-order valence-electron chi connectivity index (χ3n) is 10.9. The summed E-state index contributed by atoms with van der Waals surface area (Å²) in [7, 11) is 0. The fourth-order valence-corrected chi connectivity index (χ4v) is 8.06. The first-order chi connectivity index (χ1) is 24.1. The van der Waals surface area contributed by atoms with Crippen molar-refractivity contribution in [3.05, 3.63) is 144 Å². The van der Waals surface area contributed by atoms with E-state index in [1.54, 1.807) is 0 Å². The number of piperazine rings is 1. The standard InChI is InChI=1S/C43H48N4O2/c48-41-40(30-36-31-44-39-24-14-13-23-37(36)39)45-42(49)43(47(41)32-38(34-19-9-4-10-20-34)35-21-11-5-12-22-35)25-28-46(29-26-43)27-15-2-1-6-16-33-17-7-3-8-18-33/h3-5,7-14,17-24,31,38,40,44H,1-2,6,15-16,25-30,32H2,(H,45,49). The lowest BCUT2D eigenvalue weighted by Crippen LogP contribution is -2.73. The van der Waals surface area contributed by atoms with Gasteiger partial charge < -0.3 is 20.1 Å². The second kappa shape index (κ2) is 15.3. The lowest BCUT2D eigenvalue weighted by atomic mass is 9.79. The molecular weight excluding hydrogens is 604 g/mol. The number of hydrogen-bond donors (Lipinski definition) is 2. The molecule has 1 unspecified atom stereocenters. The minimum atomic E-state index is -0.859. The first-order valence-electron chi connectivity index (χ1n) is 18.1. The van der Waals surface area contributed by atoms with Gasteiger partial charge in [-0.3, -0.25) is 9.59 Å². The molecule has 0 aliphatic carbocycles. The number of rotatable bonds is 13. The van der Waals surface area contributed by atoms with Crippen molar-refractivity contribution in [3.63, 3.8) is 0 Å². The molecule has 1 aromatic heterocycles. The van der Waals surface area contributed by atoms with Gasteiger partial charge in [0.05, 0.1) is 0 Å². The van der Waals surface area contributed by atoms with E-state index in [-0.39, 0.29) is 17.7 Å². The van der Waals surface area contributed by atoms with Gasteiger partial charge in [0.25, 0.3) is 0 Å². The quantitative estimate of drug-likeness (QED) is 0.129. The van der Waals surface area contributed by atoms with Gasteiger partial charge in [-0.2, -0.15) is 0 Å². The van der Waals surface area contributed by atoms with E-state index in [0.29, 0.717) is 25.8 Å². The number of nitrogens with one attached hydrogen (secondary N) is 2. The summed E-state index contributed by atoms with van der Waals surface area (Å²) in [4.78, 5) is 37.0. The number of fused-ring (bicyclic) bond motifs is 1. The number of carbonyl (C=O) groups excluding carboxylic acids is 2. The number of amides is 2. The van der Waals surface area contributed by atoms with E-state index in [4.69, 9.17) is 0 Å². The van der Waals surface area contributed by atoms with Crippen LogP contribution in [0.1, 0.15) is 66.7 Å². The Balaban J connectivity index is 1.08. The molecular formula is C43H48N4O2. The van der Waals surface area contributed by atoms with E-state index < -0.39 is 11.6 Å². The zero-order valence-corrected chi connectivity index (χ0v) is 28.4. The predicted octanol–water partition coefficient (Wildman–Crippen LogP) is 7.51. The normalized spacial score (nSPS) is 18.0. The van der Waals surface area contributed by atoms with Gasteiger partial charge >= 0.3 is 0 Å². The molecule has 252 valence electrons. The van der Waals surface area contributed by atoms with Gasteiger partial charge in [-0.25, -0.2) is 0 Å². The summed E-state index contributed by atoms with van der Waals surface area (Å²) in [6.07, 6.45) is 9.69. The SMILES string of the molecule is O=C1C(Cc2c[nH]c3ccccc23)NC(=O)C2(CCN(CCCCCCc3ccccc3)CC2)N1CC(c1ccccc1)c1ccccc1. The summed E-state index contributed by atoms with van der Waals surface area (Å²) in [5.41, 5.74) is 4.95. The third kappa shape index (κ3) is 7.35. The first kappa shape index (κ1) is 32.8. The van der Waals surface area contributed by atoms with Crippen molar-refractivity contribution in [3.8, 4) is 0 Å². The average molecular weight is 653 g/mol. The van der Waals surface area contributed by atoms with E-state index >= 15 is 0 Å². The van der Waals surface area contributed by atoms with Crippen LogP contribution in [0.3, 0.4) is 0 Å². The number of aryl methyl sites for hydroxylation is 1. The smallest absolute Gasteiger partial charge is 0.246 e. The number of piperidine rings is 1. The Hall–Kier alpha value is -4.68. The number of benzene rings is 4. The van der Waals surface area contributed by atoms with Crippen LogP contribution >= 0.6 is 0 Å². The fraction of sp³-hybridized carbons (Fsp3) is 0.349. The Morgan fingerprint density at radius 3 is 2.02 bits per heavy atom. The molecule has 3 heterocycles. The van der Waals surface area contributed by atoms with Crippen molar-refractivity contribution in [2.75, 3.05) is 26.2 Å². The Bertz CT molecular complexity index is 1770. The molecule has 49 heavy (non-hydrogen) atoms. The third-order valence-corrected chi connectivity index (χ3v) is 10.9. The number of aromatic amines is 1.